The number of benzene rings is 1. The summed E-state index contributed by atoms with van der Waals surface area (Å²) in [6, 6.07) is 6.26. The van der Waals surface area contributed by atoms with Gasteiger partial charge in [-0.25, -0.2) is 0 Å². The van der Waals surface area contributed by atoms with Crippen LogP contribution in [0.15, 0.2) is 18.2 Å². The summed E-state index contributed by atoms with van der Waals surface area (Å²) in [5.41, 5.74) is 2.48. The van der Waals surface area contributed by atoms with E-state index in [1.807, 2.05) is 18.0 Å². The first-order valence-electron chi connectivity index (χ1n) is 6.63. The molecule has 1 rings (SSSR count). The zero-order valence-corrected chi connectivity index (χ0v) is 12.0. The Hall–Kier alpha value is -1.55. The fourth-order valence-corrected chi connectivity index (χ4v) is 1.96. The van der Waals surface area contributed by atoms with E-state index in [2.05, 4.69) is 19.1 Å². The van der Waals surface area contributed by atoms with Crippen LogP contribution in [0.2, 0.25) is 0 Å². The maximum absolute atomic E-state index is 10.5. The minimum atomic E-state index is -0.752. The molecule has 4 heteroatoms. The molecule has 19 heavy (non-hydrogen) atoms. The number of rotatable bonds is 8. The molecule has 0 unspecified atom stereocenters. The molecule has 0 bridgehead atoms. The Kier molecular flexibility index (Phi) is 6.36. The van der Waals surface area contributed by atoms with Gasteiger partial charge in [0.15, 0.2) is 0 Å². The molecular formula is C15H23NO3. The highest BCUT2D eigenvalue weighted by Crippen LogP contribution is 2.21. The molecule has 0 atom stereocenters. The van der Waals surface area contributed by atoms with Crippen LogP contribution in [0.25, 0.3) is 0 Å². The Bertz CT molecular complexity index is 418. The summed E-state index contributed by atoms with van der Waals surface area (Å²) in [4.78, 5) is 12.5. The van der Waals surface area contributed by atoms with Gasteiger partial charge in [-0.05, 0) is 37.1 Å². The molecule has 4 nitrogen and oxygen atoms in total. The summed E-state index contributed by atoms with van der Waals surface area (Å²) < 4.78 is 5.36. The van der Waals surface area contributed by atoms with Gasteiger partial charge < -0.3 is 14.7 Å². The second kappa shape index (κ2) is 7.79. The molecular weight excluding hydrogens is 242 g/mol. The van der Waals surface area contributed by atoms with Gasteiger partial charge >= 0.3 is 5.97 Å². The number of hydrogen-bond donors (Lipinski definition) is 1. The molecule has 106 valence electrons. The van der Waals surface area contributed by atoms with E-state index in [-0.39, 0.29) is 6.42 Å². The molecule has 0 aliphatic heterocycles. The summed E-state index contributed by atoms with van der Waals surface area (Å²) in [7, 11) is 3.62. The number of nitrogens with zero attached hydrogens (tertiary/aromatic N) is 1. The third-order valence-corrected chi connectivity index (χ3v) is 3.22. The first kappa shape index (κ1) is 15.5. The van der Waals surface area contributed by atoms with Crippen molar-refractivity contribution >= 4 is 5.97 Å². The highest BCUT2D eigenvalue weighted by molar-refractivity contribution is 5.66. The molecule has 0 amide bonds. The Labute approximate surface area is 115 Å². The Morgan fingerprint density at radius 2 is 2.11 bits per heavy atom. The van der Waals surface area contributed by atoms with E-state index in [4.69, 9.17) is 9.84 Å². The van der Waals surface area contributed by atoms with E-state index >= 15 is 0 Å². The molecule has 0 fully saturated rings. The third kappa shape index (κ3) is 5.30. The second-order valence-corrected chi connectivity index (χ2v) is 4.70. The lowest BCUT2D eigenvalue weighted by molar-refractivity contribution is -0.137. The van der Waals surface area contributed by atoms with Crippen molar-refractivity contribution in [3.05, 3.63) is 29.3 Å². The molecule has 0 aromatic heterocycles. The topological polar surface area (TPSA) is 49.8 Å². The maximum atomic E-state index is 10.5. The average Bonchev–Trinajstić information content (AvgIpc) is 2.42. The number of methoxy groups -OCH3 is 1. The number of aryl methyl sites for hydroxylation is 1. The first-order chi connectivity index (χ1) is 9.06. The van der Waals surface area contributed by atoms with Crippen molar-refractivity contribution in [1.29, 1.82) is 0 Å². The number of aliphatic carboxylic acids is 1. The first-order valence-corrected chi connectivity index (χ1v) is 6.63. The molecule has 1 aromatic carbocycles. The van der Waals surface area contributed by atoms with Gasteiger partial charge in [0.2, 0.25) is 0 Å². The Morgan fingerprint density at radius 3 is 2.68 bits per heavy atom. The van der Waals surface area contributed by atoms with Crippen molar-refractivity contribution in [2.24, 2.45) is 0 Å². The predicted octanol–water partition coefficient (Wildman–Crippen LogP) is 2.21. The SMILES string of the molecule is CCc1ccc(OC)c(CCN(C)CCC(=O)O)c1. The van der Waals surface area contributed by atoms with Gasteiger partial charge in [-0.2, -0.15) is 0 Å². The van der Waals surface area contributed by atoms with Crippen LogP contribution in [-0.4, -0.2) is 43.2 Å². The summed E-state index contributed by atoms with van der Waals surface area (Å²) >= 11 is 0. The number of carboxylic acid groups (broad SMARTS) is 1. The summed E-state index contributed by atoms with van der Waals surface area (Å²) in [5, 5.41) is 8.65. The molecule has 0 aliphatic rings. The lowest BCUT2D eigenvalue weighted by Crippen LogP contribution is -2.24. The molecule has 0 heterocycles. The highest BCUT2D eigenvalue weighted by atomic mass is 16.5. The number of likely N-dealkylation sites (N-methyl/N-ethyl adjacent to an activating group) is 1. The maximum Gasteiger partial charge on any atom is 0.304 e. The summed E-state index contributed by atoms with van der Waals surface area (Å²) in [5.74, 6) is 0.154. The van der Waals surface area contributed by atoms with Gasteiger partial charge in [0.05, 0.1) is 13.5 Å². The highest BCUT2D eigenvalue weighted by Gasteiger charge is 2.07. The molecule has 0 spiro atoms. The van der Waals surface area contributed by atoms with Gasteiger partial charge in [-0.15, -0.1) is 0 Å². The van der Waals surface area contributed by atoms with E-state index in [0.29, 0.717) is 6.54 Å². The average molecular weight is 265 g/mol. The van der Waals surface area contributed by atoms with Crippen LogP contribution in [0, 0.1) is 0 Å². The van der Waals surface area contributed by atoms with Crippen LogP contribution in [-0.2, 0) is 17.6 Å². The van der Waals surface area contributed by atoms with E-state index < -0.39 is 5.97 Å². The van der Waals surface area contributed by atoms with Crippen LogP contribution < -0.4 is 4.74 Å². The number of ether oxygens (including phenoxy) is 1. The van der Waals surface area contributed by atoms with Gasteiger partial charge in [0.25, 0.3) is 0 Å². The zero-order valence-electron chi connectivity index (χ0n) is 12.0. The van der Waals surface area contributed by atoms with E-state index in [1.165, 1.54) is 11.1 Å². The minimum Gasteiger partial charge on any atom is -0.496 e. The Balaban J connectivity index is 2.57. The van der Waals surface area contributed by atoms with Crippen LogP contribution in [0.1, 0.15) is 24.5 Å². The zero-order chi connectivity index (χ0) is 14.3. The van der Waals surface area contributed by atoms with Gasteiger partial charge in [0.1, 0.15) is 5.75 Å². The van der Waals surface area contributed by atoms with Crippen LogP contribution in [0.4, 0.5) is 0 Å². The fourth-order valence-electron chi connectivity index (χ4n) is 1.96. The van der Waals surface area contributed by atoms with E-state index in [9.17, 15) is 4.79 Å². The molecule has 1 N–H and O–H groups in total. The second-order valence-electron chi connectivity index (χ2n) is 4.70. The van der Waals surface area contributed by atoms with Crippen LogP contribution in [0.5, 0.6) is 5.75 Å². The lowest BCUT2D eigenvalue weighted by Gasteiger charge is -2.17. The van der Waals surface area contributed by atoms with Crippen molar-refractivity contribution in [3.8, 4) is 5.75 Å². The van der Waals surface area contributed by atoms with Crippen molar-refractivity contribution in [1.82, 2.24) is 4.90 Å². The minimum absolute atomic E-state index is 0.183. The molecule has 0 saturated carbocycles. The molecule has 0 aliphatic carbocycles. The quantitative estimate of drug-likeness (QED) is 0.783. The number of carboxylic acids is 1. The van der Waals surface area contributed by atoms with Crippen molar-refractivity contribution < 1.29 is 14.6 Å². The number of hydrogen-bond acceptors (Lipinski definition) is 3. The van der Waals surface area contributed by atoms with Gasteiger partial charge in [-0.3, -0.25) is 4.79 Å². The van der Waals surface area contributed by atoms with Crippen LogP contribution >= 0.6 is 0 Å². The largest absolute Gasteiger partial charge is 0.496 e. The fraction of sp³-hybridized carbons (Fsp3) is 0.533. The Morgan fingerprint density at radius 1 is 1.37 bits per heavy atom. The van der Waals surface area contributed by atoms with Crippen molar-refractivity contribution in [3.63, 3.8) is 0 Å². The van der Waals surface area contributed by atoms with E-state index in [1.54, 1.807) is 7.11 Å². The predicted molar refractivity (Wildman–Crippen MR) is 75.8 cm³/mol. The summed E-state index contributed by atoms with van der Waals surface area (Å²) in [6.45, 7) is 3.53. The molecule has 0 saturated heterocycles. The third-order valence-electron chi connectivity index (χ3n) is 3.22. The monoisotopic (exact) mass is 265 g/mol. The number of carbonyl (C=O) groups is 1. The lowest BCUT2D eigenvalue weighted by atomic mass is 10.0. The van der Waals surface area contributed by atoms with Crippen LogP contribution in [0.3, 0.4) is 0 Å². The normalized spacial score (nSPS) is 10.7. The van der Waals surface area contributed by atoms with E-state index in [0.717, 1.165) is 25.1 Å². The van der Waals surface area contributed by atoms with Gasteiger partial charge in [-0.1, -0.05) is 19.1 Å². The van der Waals surface area contributed by atoms with Crippen molar-refractivity contribution in [2.75, 3.05) is 27.2 Å². The summed E-state index contributed by atoms with van der Waals surface area (Å²) in [6.07, 6.45) is 2.06. The van der Waals surface area contributed by atoms with Gasteiger partial charge in [0, 0.05) is 13.1 Å². The standard InChI is InChI=1S/C15H23NO3/c1-4-12-5-6-14(19-3)13(11-12)7-9-16(2)10-8-15(17)18/h5-6,11H,4,7-10H2,1-3H3,(H,17,18). The smallest absolute Gasteiger partial charge is 0.304 e. The van der Waals surface area contributed by atoms with Crippen molar-refractivity contribution in [2.45, 2.75) is 26.2 Å². The molecule has 1 aromatic rings. The molecule has 0 radical (unpaired) electrons.